The molecule has 2 rings (SSSR count). The lowest BCUT2D eigenvalue weighted by Crippen LogP contribution is -2.31. The Morgan fingerprint density at radius 2 is 2.32 bits per heavy atom. The summed E-state index contributed by atoms with van der Waals surface area (Å²) in [4.78, 5) is 0.0505. The first-order valence-corrected chi connectivity index (χ1v) is 7.70. The van der Waals surface area contributed by atoms with E-state index in [-0.39, 0.29) is 28.1 Å². The van der Waals surface area contributed by atoms with Gasteiger partial charge in [0, 0.05) is 13.2 Å². The van der Waals surface area contributed by atoms with Crippen molar-refractivity contribution in [1.82, 2.24) is 4.72 Å². The molecule has 1 aliphatic rings. The number of hydrogen-bond acceptors (Lipinski definition) is 4. The van der Waals surface area contributed by atoms with E-state index in [1.165, 1.54) is 18.2 Å². The van der Waals surface area contributed by atoms with Gasteiger partial charge in [0.1, 0.15) is 6.07 Å². The second kappa shape index (κ2) is 5.88. The zero-order chi connectivity index (χ0) is 13.9. The standard InChI is InChI=1S/C12H13ClN2O3S/c13-12-6-11(4-3-9(12)7-14)19(16,17)15-8-10-2-1-5-18-10/h3-4,6,10,15H,1-2,5,8H2/t10-/m1/s1. The molecule has 0 radical (unpaired) electrons. The molecule has 1 aliphatic heterocycles. The zero-order valence-electron chi connectivity index (χ0n) is 10.1. The van der Waals surface area contributed by atoms with Gasteiger partial charge in [0.25, 0.3) is 0 Å². The molecule has 0 unspecified atom stereocenters. The molecule has 102 valence electrons. The Bertz CT molecular complexity index is 604. The van der Waals surface area contributed by atoms with E-state index < -0.39 is 10.0 Å². The van der Waals surface area contributed by atoms with Crippen molar-refractivity contribution in [3.05, 3.63) is 28.8 Å². The first-order chi connectivity index (χ1) is 9.03. The molecule has 1 aromatic rings. The molecule has 0 spiro atoms. The number of nitrogens with zero attached hydrogens (tertiary/aromatic N) is 1. The van der Waals surface area contributed by atoms with Gasteiger partial charge in [0.15, 0.2) is 0 Å². The largest absolute Gasteiger partial charge is 0.377 e. The van der Waals surface area contributed by atoms with Crippen molar-refractivity contribution in [2.75, 3.05) is 13.2 Å². The molecule has 0 saturated carbocycles. The molecular formula is C12H13ClN2O3S. The topological polar surface area (TPSA) is 79.2 Å². The number of rotatable bonds is 4. The second-order valence-corrected chi connectivity index (χ2v) is 6.41. The maximum absolute atomic E-state index is 12.0. The molecule has 1 atom stereocenters. The van der Waals surface area contributed by atoms with Crippen LogP contribution in [-0.2, 0) is 14.8 Å². The molecule has 1 saturated heterocycles. The highest BCUT2D eigenvalue weighted by atomic mass is 35.5. The third-order valence-electron chi connectivity index (χ3n) is 2.90. The molecule has 0 bridgehead atoms. The van der Waals surface area contributed by atoms with Gasteiger partial charge in [-0.15, -0.1) is 0 Å². The minimum absolute atomic E-state index is 0.0505. The first kappa shape index (κ1) is 14.3. The van der Waals surface area contributed by atoms with Crippen LogP contribution in [0.5, 0.6) is 0 Å². The maximum Gasteiger partial charge on any atom is 0.240 e. The third kappa shape index (κ3) is 3.45. The van der Waals surface area contributed by atoms with Crippen LogP contribution in [-0.4, -0.2) is 27.7 Å². The van der Waals surface area contributed by atoms with Gasteiger partial charge in [-0.3, -0.25) is 0 Å². The van der Waals surface area contributed by atoms with Crippen LogP contribution in [0.2, 0.25) is 5.02 Å². The van der Waals surface area contributed by atoms with E-state index in [1.807, 2.05) is 6.07 Å². The summed E-state index contributed by atoms with van der Waals surface area (Å²) in [6.07, 6.45) is 1.75. The van der Waals surface area contributed by atoms with E-state index in [0.29, 0.717) is 6.61 Å². The fourth-order valence-corrected chi connectivity index (χ4v) is 3.22. The van der Waals surface area contributed by atoms with Crippen molar-refractivity contribution in [2.24, 2.45) is 0 Å². The van der Waals surface area contributed by atoms with Crippen molar-refractivity contribution in [3.63, 3.8) is 0 Å². The highest BCUT2D eigenvalue weighted by Gasteiger charge is 2.20. The fraction of sp³-hybridized carbons (Fsp3) is 0.417. The molecule has 1 N–H and O–H groups in total. The normalized spacial score (nSPS) is 19.3. The summed E-state index contributed by atoms with van der Waals surface area (Å²) >= 11 is 5.82. The van der Waals surface area contributed by atoms with Crippen molar-refractivity contribution >= 4 is 21.6 Å². The zero-order valence-corrected chi connectivity index (χ0v) is 11.7. The fourth-order valence-electron chi connectivity index (χ4n) is 1.84. The number of ether oxygens (including phenoxy) is 1. The van der Waals surface area contributed by atoms with Crippen LogP contribution in [0, 0.1) is 11.3 Å². The van der Waals surface area contributed by atoms with Crippen LogP contribution >= 0.6 is 11.6 Å². The number of nitriles is 1. The van der Waals surface area contributed by atoms with Gasteiger partial charge in [-0.1, -0.05) is 11.6 Å². The van der Waals surface area contributed by atoms with E-state index in [2.05, 4.69) is 4.72 Å². The summed E-state index contributed by atoms with van der Waals surface area (Å²) in [6, 6.07) is 5.91. The van der Waals surface area contributed by atoms with Crippen molar-refractivity contribution in [1.29, 1.82) is 5.26 Å². The number of benzene rings is 1. The Kier molecular flexibility index (Phi) is 4.42. The Morgan fingerprint density at radius 1 is 1.53 bits per heavy atom. The van der Waals surface area contributed by atoms with Crippen LogP contribution in [0.4, 0.5) is 0 Å². The van der Waals surface area contributed by atoms with Gasteiger partial charge in [-0.2, -0.15) is 5.26 Å². The van der Waals surface area contributed by atoms with E-state index in [4.69, 9.17) is 21.6 Å². The summed E-state index contributed by atoms with van der Waals surface area (Å²) in [5.74, 6) is 0. The van der Waals surface area contributed by atoms with Crippen molar-refractivity contribution in [2.45, 2.75) is 23.8 Å². The van der Waals surface area contributed by atoms with Crippen molar-refractivity contribution < 1.29 is 13.2 Å². The van der Waals surface area contributed by atoms with E-state index >= 15 is 0 Å². The Balaban J connectivity index is 2.10. The summed E-state index contributed by atoms with van der Waals surface area (Å²) < 4.78 is 31.9. The van der Waals surface area contributed by atoms with Crippen LogP contribution < -0.4 is 4.72 Å². The molecule has 0 aliphatic carbocycles. The highest BCUT2D eigenvalue weighted by Crippen LogP contribution is 2.20. The second-order valence-electron chi connectivity index (χ2n) is 4.24. The minimum atomic E-state index is -3.62. The Hall–Kier alpha value is -1.13. The van der Waals surface area contributed by atoms with Gasteiger partial charge < -0.3 is 4.74 Å². The van der Waals surface area contributed by atoms with Crippen LogP contribution in [0.15, 0.2) is 23.1 Å². The molecule has 7 heteroatoms. The van der Waals surface area contributed by atoms with E-state index in [1.54, 1.807) is 0 Å². The third-order valence-corrected chi connectivity index (χ3v) is 4.63. The molecule has 19 heavy (non-hydrogen) atoms. The molecule has 5 nitrogen and oxygen atoms in total. The van der Waals surface area contributed by atoms with Crippen LogP contribution in [0.25, 0.3) is 0 Å². The predicted molar refractivity (Wildman–Crippen MR) is 70.3 cm³/mol. The molecule has 0 amide bonds. The lowest BCUT2D eigenvalue weighted by molar-refractivity contribution is 0.114. The van der Waals surface area contributed by atoms with Gasteiger partial charge >= 0.3 is 0 Å². The summed E-state index contributed by atoms with van der Waals surface area (Å²) in [5.41, 5.74) is 0.250. The number of nitrogens with one attached hydrogen (secondary N) is 1. The van der Waals surface area contributed by atoms with Gasteiger partial charge in [0.2, 0.25) is 10.0 Å². The first-order valence-electron chi connectivity index (χ1n) is 5.84. The lowest BCUT2D eigenvalue weighted by Gasteiger charge is -2.11. The van der Waals surface area contributed by atoms with E-state index in [0.717, 1.165) is 12.8 Å². The van der Waals surface area contributed by atoms with Gasteiger partial charge in [-0.25, -0.2) is 13.1 Å². The SMILES string of the molecule is N#Cc1ccc(S(=O)(=O)NC[C@H]2CCCO2)cc1Cl. The smallest absolute Gasteiger partial charge is 0.240 e. The number of hydrogen-bond donors (Lipinski definition) is 1. The summed E-state index contributed by atoms with van der Waals surface area (Å²) in [5, 5.41) is 8.87. The molecule has 1 heterocycles. The summed E-state index contributed by atoms with van der Waals surface area (Å²) in [6.45, 7) is 0.926. The molecular weight excluding hydrogens is 288 g/mol. The Labute approximate surface area is 117 Å². The highest BCUT2D eigenvalue weighted by molar-refractivity contribution is 7.89. The lowest BCUT2D eigenvalue weighted by atomic mass is 10.2. The Morgan fingerprint density at radius 3 is 2.89 bits per heavy atom. The predicted octanol–water partition coefficient (Wildman–Crippen LogP) is 1.67. The van der Waals surface area contributed by atoms with Gasteiger partial charge in [-0.05, 0) is 31.0 Å². The number of sulfonamides is 1. The molecule has 0 aromatic heterocycles. The molecule has 1 fully saturated rings. The maximum atomic E-state index is 12.0. The van der Waals surface area contributed by atoms with Crippen molar-refractivity contribution in [3.8, 4) is 6.07 Å². The molecule has 1 aromatic carbocycles. The van der Waals surface area contributed by atoms with Crippen LogP contribution in [0.1, 0.15) is 18.4 Å². The summed E-state index contributed by atoms with van der Waals surface area (Å²) in [7, 11) is -3.62. The van der Waals surface area contributed by atoms with E-state index in [9.17, 15) is 8.42 Å². The van der Waals surface area contributed by atoms with Crippen LogP contribution in [0.3, 0.4) is 0 Å². The number of halogens is 1. The average Bonchev–Trinajstić information content (AvgIpc) is 2.89. The monoisotopic (exact) mass is 300 g/mol. The average molecular weight is 301 g/mol. The minimum Gasteiger partial charge on any atom is -0.377 e. The van der Waals surface area contributed by atoms with Gasteiger partial charge in [0.05, 0.1) is 21.6 Å². The quantitative estimate of drug-likeness (QED) is 0.917.